The van der Waals surface area contributed by atoms with Gasteiger partial charge in [-0.3, -0.25) is 0 Å². The zero-order valence-corrected chi connectivity index (χ0v) is 13.8. The third-order valence-electron chi connectivity index (χ3n) is 0.986. The van der Waals surface area contributed by atoms with E-state index in [0.717, 1.165) is 12.8 Å². The molecule has 0 aliphatic carbocycles. The molecule has 0 N–H and O–H groups in total. The van der Waals surface area contributed by atoms with E-state index in [-0.39, 0.29) is 19.5 Å². The molecule has 0 unspecified atom stereocenters. The van der Waals surface area contributed by atoms with Gasteiger partial charge in [0.1, 0.15) is 0 Å². The van der Waals surface area contributed by atoms with E-state index < -0.39 is 0 Å². The van der Waals surface area contributed by atoms with Crippen molar-refractivity contribution in [2.75, 3.05) is 23.0 Å². The molecule has 13 heavy (non-hydrogen) atoms. The summed E-state index contributed by atoms with van der Waals surface area (Å²) in [4.78, 5) is 0. The van der Waals surface area contributed by atoms with E-state index >= 15 is 0 Å². The number of hydrogen-bond donors (Lipinski definition) is 0. The summed E-state index contributed by atoms with van der Waals surface area (Å²) in [6.45, 7) is 11.7. The first kappa shape index (κ1) is 19.8. The molecule has 0 bridgehead atoms. The smallest absolute Gasteiger partial charge is 0.343 e. The van der Waals surface area contributed by atoms with Crippen LogP contribution < -0.4 is 0 Å². The summed E-state index contributed by atoms with van der Waals surface area (Å²) in [7, 11) is 0. The van der Waals surface area contributed by atoms with Crippen molar-refractivity contribution in [2.45, 2.75) is 26.7 Å². The molecule has 0 aromatic carbocycles. The van der Waals surface area contributed by atoms with Crippen molar-refractivity contribution >= 4 is 23.5 Å². The monoisotopic (exact) mass is 270 g/mol. The Hall–Kier alpha value is 1.32. The van der Waals surface area contributed by atoms with Gasteiger partial charge in [-0.1, -0.05) is 13.8 Å². The van der Waals surface area contributed by atoms with Gasteiger partial charge >= 0.3 is 19.5 Å². The molecule has 0 saturated heterocycles. The van der Waals surface area contributed by atoms with Crippen molar-refractivity contribution in [1.29, 1.82) is 0 Å². The van der Waals surface area contributed by atoms with E-state index in [9.17, 15) is 0 Å². The van der Waals surface area contributed by atoms with Gasteiger partial charge in [0, 0.05) is 0 Å². The summed E-state index contributed by atoms with van der Waals surface area (Å²) in [6, 6.07) is 0. The summed E-state index contributed by atoms with van der Waals surface area (Å²) in [6.07, 6.45) is 2.14. The second-order valence-electron chi connectivity index (χ2n) is 2.10. The minimum atomic E-state index is 0. The molecule has 0 aromatic heterocycles. The van der Waals surface area contributed by atoms with Gasteiger partial charge in [0.2, 0.25) is 0 Å². The Balaban J connectivity index is -0.000000143. The Morgan fingerprint density at radius 1 is 0.846 bits per heavy atom. The maximum Gasteiger partial charge on any atom is 2.00 e. The van der Waals surface area contributed by atoms with Crippen LogP contribution in [0, 0.1) is 13.8 Å². The van der Waals surface area contributed by atoms with Crippen LogP contribution in [-0.2, 0) is 19.5 Å². The minimum absolute atomic E-state index is 0. The van der Waals surface area contributed by atoms with Crippen LogP contribution in [0.4, 0.5) is 0 Å². The molecule has 0 nitrogen and oxygen atoms in total. The van der Waals surface area contributed by atoms with E-state index in [1.807, 2.05) is 23.5 Å². The Morgan fingerprint density at radius 3 is 1.23 bits per heavy atom. The predicted molar refractivity (Wildman–Crippen MR) is 65.9 cm³/mol. The van der Waals surface area contributed by atoms with Gasteiger partial charge in [-0.2, -0.15) is 36.4 Å². The number of thioether (sulfide) groups is 2. The molecule has 0 heterocycles. The van der Waals surface area contributed by atoms with Gasteiger partial charge in [-0.15, -0.1) is 0 Å². The molecule has 76 valence electrons. The Kier molecular flexibility index (Phi) is 35.5. The van der Waals surface area contributed by atoms with Gasteiger partial charge < -0.3 is 13.8 Å². The van der Waals surface area contributed by atoms with Crippen LogP contribution in [0.3, 0.4) is 0 Å². The van der Waals surface area contributed by atoms with Crippen molar-refractivity contribution in [1.82, 2.24) is 0 Å². The van der Waals surface area contributed by atoms with Crippen LogP contribution in [0.25, 0.3) is 0 Å². The van der Waals surface area contributed by atoms with E-state index in [1.54, 1.807) is 0 Å². The molecule has 0 saturated carbocycles. The van der Waals surface area contributed by atoms with Crippen molar-refractivity contribution in [2.24, 2.45) is 0 Å². The molecule has 0 aliphatic heterocycles. The van der Waals surface area contributed by atoms with Crippen LogP contribution in [0.1, 0.15) is 26.7 Å². The Bertz CT molecular complexity index is 44.9. The second kappa shape index (κ2) is 23.3. The first-order valence-electron chi connectivity index (χ1n) is 4.57. The molecule has 0 fully saturated rings. The standard InChI is InChI=1S/2C5H11S.Zn/c2*1-3-5-6-4-2;/h2*1,3-5H2,2H3;/q2*-1;+2. The summed E-state index contributed by atoms with van der Waals surface area (Å²) in [5.41, 5.74) is 0. The fourth-order valence-corrected chi connectivity index (χ4v) is 1.48. The molecule has 0 amide bonds. The maximum absolute atomic E-state index is 3.70. The molecule has 0 radical (unpaired) electrons. The average Bonchev–Trinajstić information content (AvgIpc) is 2.12. The van der Waals surface area contributed by atoms with Crippen molar-refractivity contribution in [3.8, 4) is 0 Å². The summed E-state index contributed by atoms with van der Waals surface area (Å²) in [5, 5.41) is 0. The normalized spacial score (nSPS) is 8.31. The Labute approximate surface area is 106 Å². The van der Waals surface area contributed by atoms with Crippen LogP contribution in [0.5, 0.6) is 0 Å². The number of hydrogen-bond acceptors (Lipinski definition) is 2. The zero-order chi connectivity index (χ0) is 9.66. The fraction of sp³-hybridized carbons (Fsp3) is 0.800. The number of rotatable bonds is 6. The van der Waals surface area contributed by atoms with Crippen molar-refractivity contribution in [3.05, 3.63) is 13.8 Å². The van der Waals surface area contributed by atoms with Crippen LogP contribution in [0.15, 0.2) is 0 Å². The van der Waals surface area contributed by atoms with Gasteiger partial charge in [-0.25, -0.2) is 0 Å². The van der Waals surface area contributed by atoms with E-state index in [1.165, 1.54) is 23.0 Å². The van der Waals surface area contributed by atoms with Gasteiger partial charge in [0.15, 0.2) is 0 Å². The van der Waals surface area contributed by atoms with E-state index in [2.05, 4.69) is 27.7 Å². The Morgan fingerprint density at radius 2 is 1.15 bits per heavy atom. The SMILES string of the molecule is [CH2-]CCSCC.[CH2-]CCSCC.[Zn+2]. The molecule has 0 aromatic rings. The van der Waals surface area contributed by atoms with Crippen molar-refractivity contribution < 1.29 is 19.5 Å². The summed E-state index contributed by atoms with van der Waals surface area (Å²) >= 11 is 3.89. The summed E-state index contributed by atoms with van der Waals surface area (Å²) < 4.78 is 0. The maximum atomic E-state index is 3.70. The average molecular weight is 272 g/mol. The van der Waals surface area contributed by atoms with Gasteiger partial charge in [0.05, 0.1) is 0 Å². The summed E-state index contributed by atoms with van der Waals surface area (Å²) in [5.74, 6) is 4.90. The second-order valence-corrected chi connectivity index (χ2v) is 4.89. The van der Waals surface area contributed by atoms with Crippen LogP contribution in [-0.4, -0.2) is 23.0 Å². The van der Waals surface area contributed by atoms with Gasteiger partial charge in [0.25, 0.3) is 0 Å². The third-order valence-corrected chi connectivity index (χ3v) is 2.96. The quantitative estimate of drug-likeness (QED) is 0.408. The largest absolute Gasteiger partial charge is 2.00 e. The molecular formula is C10H22S2Zn. The minimum Gasteiger partial charge on any atom is -0.343 e. The van der Waals surface area contributed by atoms with Crippen LogP contribution >= 0.6 is 23.5 Å². The first-order chi connectivity index (χ1) is 5.83. The van der Waals surface area contributed by atoms with E-state index in [0.29, 0.717) is 0 Å². The first-order valence-corrected chi connectivity index (χ1v) is 6.88. The molecule has 0 atom stereocenters. The fourth-order valence-electron chi connectivity index (χ4n) is 0.493. The third kappa shape index (κ3) is 31.9. The van der Waals surface area contributed by atoms with E-state index in [4.69, 9.17) is 0 Å². The zero-order valence-electron chi connectivity index (χ0n) is 9.18. The molecule has 3 heteroatoms. The predicted octanol–water partition coefficient (Wildman–Crippen LogP) is 3.92. The van der Waals surface area contributed by atoms with Gasteiger partial charge in [-0.05, 0) is 23.0 Å². The topological polar surface area (TPSA) is 0 Å². The van der Waals surface area contributed by atoms with Crippen molar-refractivity contribution in [3.63, 3.8) is 0 Å². The molecular weight excluding hydrogens is 250 g/mol. The molecule has 0 spiro atoms. The molecule has 0 rings (SSSR count). The molecule has 0 aliphatic rings. The van der Waals surface area contributed by atoms with Crippen LogP contribution in [0.2, 0.25) is 0 Å².